The molecule has 3 nitrogen and oxygen atoms in total. The molecule has 3 unspecified atom stereocenters. The van der Waals surface area contributed by atoms with Gasteiger partial charge in [-0.25, -0.2) is 0 Å². The molecule has 2 rings (SSSR count). The summed E-state index contributed by atoms with van der Waals surface area (Å²) in [6.45, 7) is 6.57. The van der Waals surface area contributed by atoms with E-state index in [1.165, 1.54) is 25.7 Å². The molecule has 2 aliphatic rings. The van der Waals surface area contributed by atoms with Crippen LogP contribution in [0.15, 0.2) is 0 Å². The van der Waals surface area contributed by atoms with E-state index in [-0.39, 0.29) is 5.92 Å². The Morgan fingerprint density at radius 2 is 1.80 bits per heavy atom. The van der Waals surface area contributed by atoms with Gasteiger partial charge < -0.3 is 5.11 Å². The molecule has 20 heavy (non-hydrogen) atoms. The number of carboxylic acids is 1. The maximum Gasteiger partial charge on any atom is 0.324 e. The van der Waals surface area contributed by atoms with Crippen LogP contribution in [-0.4, -0.2) is 22.7 Å². The van der Waals surface area contributed by atoms with Gasteiger partial charge in [0.25, 0.3) is 0 Å². The minimum atomic E-state index is -0.687. The molecule has 2 saturated carbocycles. The van der Waals surface area contributed by atoms with Gasteiger partial charge in [-0.2, -0.15) is 0 Å². The van der Waals surface area contributed by atoms with Gasteiger partial charge >= 0.3 is 5.97 Å². The van der Waals surface area contributed by atoms with Crippen LogP contribution in [0.5, 0.6) is 0 Å². The molecule has 2 aliphatic carbocycles. The monoisotopic (exact) mass is 281 g/mol. The van der Waals surface area contributed by atoms with Crippen LogP contribution in [0.1, 0.15) is 72.1 Å². The lowest BCUT2D eigenvalue weighted by Gasteiger charge is -2.48. The molecule has 0 spiro atoms. The van der Waals surface area contributed by atoms with E-state index in [1.807, 2.05) is 0 Å². The molecule has 0 radical (unpaired) electrons. The Morgan fingerprint density at radius 3 is 2.35 bits per heavy atom. The Kier molecular flexibility index (Phi) is 5.11. The lowest BCUT2D eigenvalue weighted by Crippen LogP contribution is -2.64. The quantitative estimate of drug-likeness (QED) is 0.823. The van der Waals surface area contributed by atoms with Crippen molar-refractivity contribution in [2.45, 2.75) is 83.7 Å². The summed E-state index contributed by atoms with van der Waals surface area (Å²) >= 11 is 0. The van der Waals surface area contributed by atoms with E-state index in [1.54, 1.807) is 0 Å². The van der Waals surface area contributed by atoms with Gasteiger partial charge in [0, 0.05) is 6.04 Å². The molecular formula is C17H31NO2. The highest BCUT2D eigenvalue weighted by atomic mass is 16.4. The fraction of sp³-hybridized carbons (Fsp3) is 0.941. The number of nitrogens with one attached hydrogen (secondary N) is 1. The molecule has 0 heterocycles. The first-order valence-corrected chi connectivity index (χ1v) is 8.47. The zero-order valence-electron chi connectivity index (χ0n) is 13.3. The standard InChI is InChI=1S/C17H31NO2/c1-12(2)15-10-9-13(3)11-17(15,16(19)20)18-14-7-5-4-6-8-14/h12-15,18H,4-11H2,1-3H3,(H,19,20). The normalized spacial score (nSPS) is 36.2. The number of hydrogen-bond acceptors (Lipinski definition) is 2. The SMILES string of the molecule is CC1CCC(C(C)C)C(NC2CCCCC2)(C(=O)O)C1. The van der Waals surface area contributed by atoms with Gasteiger partial charge in [0.2, 0.25) is 0 Å². The largest absolute Gasteiger partial charge is 0.480 e. The van der Waals surface area contributed by atoms with Crippen LogP contribution < -0.4 is 5.32 Å². The van der Waals surface area contributed by atoms with Crippen LogP contribution >= 0.6 is 0 Å². The Hall–Kier alpha value is -0.570. The molecule has 3 heteroatoms. The van der Waals surface area contributed by atoms with Crippen molar-refractivity contribution in [3.05, 3.63) is 0 Å². The van der Waals surface area contributed by atoms with Gasteiger partial charge in [-0.15, -0.1) is 0 Å². The summed E-state index contributed by atoms with van der Waals surface area (Å²) < 4.78 is 0. The van der Waals surface area contributed by atoms with Crippen LogP contribution in [0.25, 0.3) is 0 Å². The van der Waals surface area contributed by atoms with E-state index in [4.69, 9.17) is 0 Å². The number of hydrogen-bond donors (Lipinski definition) is 2. The van der Waals surface area contributed by atoms with Gasteiger partial charge in [-0.1, -0.05) is 46.5 Å². The second-order valence-electron chi connectivity index (χ2n) is 7.49. The van der Waals surface area contributed by atoms with Crippen molar-refractivity contribution in [1.29, 1.82) is 0 Å². The highest BCUT2D eigenvalue weighted by molar-refractivity contribution is 5.79. The molecule has 0 aromatic rings. The zero-order chi connectivity index (χ0) is 14.8. The van der Waals surface area contributed by atoms with Gasteiger partial charge in [0.05, 0.1) is 0 Å². The Balaban J connectivity index is 2.21. The highest BCUT2D eigenvalue weighted by Gasteiger charge is 2.50. The van der Waals surface area contributed by atoms with Gasteiger partial charge in [0.1, 0.15) is 5.54 Å². The first kappa shape index (κ1) is 15.8. The van der Waals surface area contributed by atoms with Gasteiger partial charge in [-0.05, 0) is 43.4 Å². The predicted molar refractivity (Wildman–Crippen MR) is 81.7 cm³/mol. The van der Waals surface area contributed by atoms with Crippen molar-refractivity contribution in [1.82, 2.24) is 5.32 Å². The summed E-state index contributed by atoms with van der Waals surface area (Å²) in [6, 6.07) is 0.409. The van der Waals surface area contributed by atoms with Crippen LogP contribution in [0.3, 0.4) is 0 Å². The lowest BCUT2D eigenvalue weighted by atomic mass is 9.64. The molecule has 2 N–H and O–H groups in total. The fourth-order valence-corrected chi connectivity index (χ4v) is 4.50. The number of carboxylic acid groups (broad SMARTS) is 1. The summed E-state index contributed by atoms with van der Waals surface area (Å²) in [5.41, 5.74) is -0.687. The van der Waals surface area contributed by atoms with E-state index >= 15 is 0 Å². The minimum Gasteiger partial charge on any atom is -0.480 e. The molecule has 0 amide bonds. The summed E-state index contributed by atoms with van der Waals surface area (Å²) in [5, 5.41) is 13.6. The maximum atomic E-state index is 12.1. The van der Waals surface area contributed by atoms with E-state index in [9.17, 15) is 9.90 Å². The van der Waals surface area contributed by atoms with Crippen LogP contribution in [0.4, 0.5) is 0 Å². The van der Waals surface area contributed by atoms with Crippen molar-refractivity contribution >= 4 is 5.97 Å². The fourth-order valence-electron chi connectivity index (χ4n) is 4.50. The van der Waals surface area contributed by atoms with Crippen LogP contribution in [-0.2, 0) is 4.79 Å². The van der Waals surface area contributed by atoms with E-state index in [0.717, 1.165) is 25.7 Å². The number of aliphatic carboxylic acids is 1. The molecule has 2 fully saturated rings. The van der Waals surface area contributed by atoms with Crippen molar-refractivity contribution in [3.8, 4) is 0 Å². The predicted octanol–water partition coefficient (Wildman–Crippen LogP) is 3.82. The van der Waals surface area contributed by atoms with Crippen molar-refractivity contribution < 1.29 is 9.90 Å². The average Bonchev–Trinajstić information content (AvgIpc) is 2.39. The third kappa shape index (κ3) is 3.19. The molecule has 0 aliphatic heterocycles. The molecule has 0 saturated heterocycles. The van der Waals surface area contributed by atoms with E-state index in [2.05, 4.69) is 26.1 Å². The van der Waals surface area contributed by atoms with Crippen LogP contribution in [0.2, 0.25) is 0 Å². The molecule has 0 aromatic carbocycles. The third-order valence-electron chi connectivity index (χ3n) is 5.53. The second kappa shape index (κ2) is 6.46. The highest BCUT2D eigenvalue weighted by Crippen LogP contribution is 2.42. The van der Waals surface area contributed by atoms with E-state index < -0.39 is 11.5 Å². The summed E-state index contributed by atoms with van der Waals surface area (Å²) in [5.74, 6) is 0.582. The van der Waals surface area contributed by atoms with Crippen molar-refractivity contribution in [2.24, 2.45) is 17.8 Å². The van der Waals surface area contributed by atoms with Crippen molar-refractivity contribution in [3.63, 3.8) is 0 Å². The van der Waals surface area contributed by atoms with E-state index in [0.29, 0.717) is 17.9 Å². The zero-order valence-corrected chi connectivity index (χ0v) is 13.3. The van der Waals surface area contributed by atoms with Crippen molar-refractivity contribution in [2.75, 3.05) is 0 Å². The Labute approximate surface area is 123 Å². The molecular weight excluding hydrogens is 250 g/mol. The minimum absolute atomic E-state index is 0.262. The Bertz CT molecular complexity index is 336. The third-order valence-corrected chi connectivity index (χ3v) is 5.53. The maximum absolute atomic E-state index is 12.1. The van der Waals surface area contributed by atoms with Gasteiger partial charge in [-0.3, -0.25) is 10.1 Å². The first-order chi connectivity index (χ1) is 9.45. The average molecular weight is 281 g/mol. The van der Waals surface area contributed by atoms with Crippen LogP contribution in [0, 0.1) is 17.8 Å². The smallest absolute Gasteiger partial charge is 0.324 e. The Morgan fingerprint density at radius 1 is 1.15 bits per heavy atom. The lowest BCUT2D eigenvalue weighted by molar-refractivity contribution is -0.152. The topological polar surface area (TPSA) is 49.3 Å². The second-order valence-corrected chi connectivity index (χ2v) is 7.49. The molecule has 3 atom stereocenters. The number of rotatable bonds is 4. The summed E-state index contributed by atoms with van der Waals surface area (Å²) in [7, 11) is 0. The summed E-state index contributed by atoms with van der Waals surface area (Å²) in [4.78, 5) is 12.1. The summed E-state index contributed by atoms with van der Waals surface area (Å²) in [6.07, 6.45) is 9.10. The molecule has 0 bridgehead atoms. The first-order valence-electron chi connectivity index (χ1n) is 8.47. The van der Waals surface area contributed by atoms with Gasteiger partial charge in [0.15, 0.2) is 0 Å². The molecule has 0 aromatic heterocycles. The number of carbonyl (C=O) groups is 1. The molecule has 116 valence electrons.